The molecule has 5 rings (SSSR count). The molecule has 2 aromatic rings. The number of carboxylic acids is 1. The number of rotatable bonds is 7. The molecule has 3 aliphatic rings. The molecule has 35 heavy (non-hydrogen) atoms. The average Bonchev–Trinajstić information content (AvgIpc) is 3.18. The Hall–Kier alpha value is -3.00. The SMILES string of the molecule is O=C(O)CCC(NC(=O)OCC1c2ccccc2-c2ccccc21)C(=O)N1CC2CSCC(C2)C1. The van der Waals surface area contributed by atoms with Crippen LogP contribution in [0.25, 0.3) is 11.1 Å². The number of nitrogens with one attached hydrogen (secondary N) is 1. The van der Waals surface area contributed by atoms with Gasteiger partial charge in [0.1, 0.15) is 12.6 Å². The Morgan fingerprint density at radius 1 is 1.00 bits per heavy atom. The Kier molecular flexibility index (Phi) is 7.00. The molecule has 2 saturated heterocycles. The molecule has 2 N–H and O–H groups in total. The van der Waals surface area contributed by atoms with Crippen LogP contribution in [0.15, 0.2) is 48.5 Å². The van der Waals surface area contributed by atoms with Gasteiger partial charge in [-0.25, -0.2) is 4.79 Å². The normalized spacial score (nSPS) is 21.5. The molecule has 1 aliphatic carbocycles. The zero-order valence-corrected chi connectivity index (χ0v) is 20.3. The number of alkyl carbamates (subject to hydrolysis) is 1. The van der Waals surface area contributed by atoms with E-state index in [0.717, 1.165) is 40.2 Å². The molecule has 8 heteroatoms. The standard InChI is InChI=1S/C27H30N2O5S/c30-25(31)10-9-24(26(32)29-12-17-11-18(13-29)16-35-15-17)28-27(33)34-14-23-21-7-3-1-5-19(21)20-6-2-4-8-22(20)23/h1-8,17-18,23-24H,9-16H2,(H,28,33)(H,30,31). The molecule has 2 heterocycles. The number of hydrogen-bond acceptors (Lipinski definition) is 5. The van der Waals surface area contributed by atoms with Gasteiger partial charge in [-0.1, -0.05) is 48.5 Å². The lowest BCUT2D eigenvalue weighted by Gasteiger charge is -2.42. The van der Waals surface area contributed by atoms with E-state index in [4.69, 9.17) is 4.74 Å². The van der Waals surface area contributed by atoms with Crippen molar-refractivity contribution in [3.63, 3.8) is 0 Å². The van der Waals surface area contributed by atoms with Crippen molar-refractivity contribution in [2.45, 2.75) is 31.2 Å². The van der Waals surface area contributed by atoms with E-state index in [1.807, 2.05) is 53.1 Å². The fourth-order valence-electron chi connectivity index (χ4n) is 5.67. The predicted molar refractivity (Wildman–Crippen MR) is 134 cm³/mol. The van der Waals surface area contributed by atoms with Crippen LogP contribution in [0.1, 0.15) is 36.3 Å². The third kappa shape index (κ3) is 5.17. The summed E-state index contributed by atoms with van der Waals surface area (Å²) in [5, 5.41) is 11.9. The zero-order chi connectivity index (χ0) is 24.4. The zero-order valence-electron chi connectivity index (χ0n) is 19.5. The van der Waals surface area contributed by atoms with E-state index in [1.165, 1.54) is 0 Å². The van der Waals surface area contributed by atoms with Crippen LogP contribution in [0.2, 0.25) is 0 Å². The lowest BCUT2D eigenvalue weighted by molar-refractivity contribution is -0.138. The third-order valence-electron chi connectivity index (χ3n) is 7.22. The summed E-state index contributed by atoms with van der Waals surface area (Å²) in [6.45, 7) is 1.47. The second-order valence-electron chi connectivity index (χ2n) is 9.70. The number of piperidine rings is 1. The first kappa shape index (κ1) is 23.7. The van der Waals surface area contributed by atoms with Gasteiger partial charge in [0.2, 0.25) is 5.91 Å². The molecule has 3 atom stereocenters. The topological polar surface area (TPSA) is 95.9 Å². The maximum atomic E-state index is 13.3. The third-order valence-corrected chi connectivity index (χ3v) is 8.64. The lowest BCUT2D eigenvalue weighted by atomic mass is 9.90. The quantitative estimate of drug-likeness (QED) is 0.605. The van der Waals surface area contributed by atoms with Gasteiger partial charge in [0.25, 0.3) is 0 Å². The molecule has 0 spiro atoms. The van der Waals surface area contributed by atoms with Crippen molar-refractivity contribution in [2.75, 3.05) is 31.2 Å². The first-order chi connectivity index (χ1) is 17.0. The van der Waals surface area contributed by atoms with E-state index in [-0.39, 0.29) is 31.3 Å². The number of ether oxygens (including phenoxy) is 1. The molecule has 2 aromatic carbocycles. The number of carboxylic acid groups (broad SMARTS) is 1. The summed E-state index contributed by atoms with van der Waals surface area (Å²) in [5.41, 5.74) is 4.50. The smallest absolute Gasteiger partial charge is 0.407 e. The van der Waals surface area contributed by atoms with Crippen molar-refractivity contribution < 1.29 is 24.2 Å². The number of carbonyl (C=O) groups is 3. The highest BCUT2D eigenvalue weighted by molar-refractivity contribution is 7.99. The van der Waals surface area contributed by atoms with Crippen molar-refractivity contribution in [1.82, 2.24) is 10.2 Å². The molecule has 0 saturated carbocycles. The van der Waals surface area contributed by atoms with Gasteiger partial charge in [-0.3, -0.25) is 9.59 Å². The summed E-state index contributed by atoms with van der Waals surface area (Å²) in [6, 6.07) is 15.3. The van der Waals surface area contributed by atoms with Gasteiger partial charge in [-0.15, -0.1) is 0 Å². The fourth-order valence-corrected chi connectivity index (χ4v) is 6.95. The Bertz CT molecular complexity index is 1060. The number of hydrogen-bond donors (Lipinski definition) is 2. The van der Waals surface area contributed by atoms with Crippen molar-refractivity contribution >= 4 is 29.7 Å². The first-order valence-corrected chi connectivity index (χ1v) is 13.3. The number of thioether (sulfide) groups is 1. The van der Waals surface area contributed by atoms with Crippen LogP contribution >= 0.6 is 11.8 Å². The van der Waals surface area contributed by atoms with E-state index < -0.39 is 18.1 Å². The largest absolute Gasteiger partial charge is 0.481 e. The first-order valence-electron chi connectivity index (χ1n) is 12.2. The van der Waals surface area contributed by atoms with Crippen LogP contribution in [0.3, 0.4) is 0 Å². The second kappa shape index (κ2) is 10.3. The van der Waals surface area contributed by atoms with Crippen molar-refractivity contribution in [1.29, 1.82) is 0 Å². The predicted octanol–water partition coefficient (Wildman–Crippen LogP) is 3.97. The molecule has 0 aromatic heterocycles. The van der Waals surface area contributed by atoms with Gasteiger partial charge >= 0.3 is 12.1 Å². The Balaban J connectivity index is 1.25. The van der Waals surface area contributed by atoms with Crippen LogP contribution in [-0.2, 0) is 14.3 Å². The van der Waals surface area contributed by atoms with E-state index in [1.54, 1.807) is 0 Å². The number of fused-ring (bicyclic) bond motifs is 5. The highest BCUT2D eigenvalue weighted by atomic mass is 32.2. The highest BCUT2D eigenvalue weighted by Gasteiger charge is 2.36. The summed E-state index contributed by atoms with van der Waals surface area (Å²) in [4.78, 5) is 39.2. The maximum Gasteiger partial charge on any atom is 0.407 e. The molecule has 3 unspecified atom stereocenters. The van der Waals surface area contributed by atoms with Crippen LogP contribution < -0.4 is 5.32 Å². The average molecular weight is 495 g/mol. The minimum Gasteiger partial charge on any atom is -0.481 e. The monoisotopic (exact) mass is 494 g/mol. The van der Waals surface area contributed by atoms with Gasteiger partial charge in [0, 0.05) is 25.4 Å². The number of likely N-dealkylation sites (tertiary alicyclic amines) is 1. The number of aliphatic carboxylic acids is 1. The Morgan fingerprint density at radius 3 is 2.20 bits per heavy atom. The minimum absolute atomic E-state index is 0.0406. The van der Waals surface area contributed by atoms with E-state index >= 15 is 0 Å². The van der Waals surface area contributed by atoms with Crippen LogP contribution in [0, 0.1) is 11.8 Å². The summed E-state index contributed by atoms with van der Waals surface area (Å²) >= 11 is 1.94. The van der Waals surface area contributed by atoms with Gasteiger partial charge in [-0.05, 0) is 58.4 Å². The van der Waals surface area contributed by atoms with E-state index in [9.17, 15) is 19.5 Å². The molecule has 2 aliphatic heterocycles. The summed E-state index contributed by atoms with van der Waals surface area (Å²) in [6.07, 6.45) is 0.287. The number of amides is 2. The molecule has 0 radical (unpaired) electrons. The van der Waals surface area contributed by atoms with Crippen LogP contribution in [0.4, 0.5) is 4.79 Å². The molecule has 184 valence electrons. The van der Waals surface area contributed by atoms with Gasteiger partial charge in [0.05, 0.1) is 0 Å². The number of nitrogens with zero attached hydrogens (tertiary/aromatic N) is 1. The van der Waals surface area contributed by atoms with Crippen LogP contribution in [0.5, 0.6) is 0 Å². The molecular weight excluding hydrogens is 464 g/mol. The number of benzene rings is 2. The number of carbonyl (C=O) groups excluding carboxylic acids is 2. The van der Waals surface area contributed by atoms with Gasteiger partial charge in [-0.2, -0.15) is 11.8 Å². The van der Waals surface area contributed by atoms with Gasteiger partial charge < -0.3 is 20.1 Å². The minimum atomic E-state index is -0.996. The highest BCUT2D eigenvalue weighted by Crippen LogP contribution is 2.44. The van der Waals surface area contributed by atoms with Crippen molar-refractivity contribution in [2.24, 2.45) is 11.8 Å². The molecule has 2 fully saturated rings. The van der Waals surface area contributed by atoms with Crippen molar-refractivity contribution in [3.8, 4) is 11.1 Å². The molecule has 2 amide bonds. The second-order valence-corrected chi connectivity index (χ2v) is 10.8. The Labute approximate surface area is 209 Å². The maximum absolute atomic E-state index is 13.3. The molecule has 7 nitrogen and oxygen atoms in total. The fraction of sp³-hybridized carbons (Fsp3) is 0.444. The lowest BCUT2D eigenvalue weighted by Crippen LogP contribution is -2.54. The summed E-state index contributed by atoms with van der Waals surface area (Å²) < 4.78 is 5.62. The van der Waals surface area contributed by atoms with Gasteiger partial charge in [0.15, 0.2) is 0 Å². The van der Waals surface area contributed by atoms with E-state index in [0.29, 0.717) is 24.9 Å². The summed E-state index contributed by atoms with van der Waals surface area (Å²) in [5.74, 6) is 1.72. The van der Waals surface area contributed by atoms with Crippen molar-refractivity contribution in [3.05, 3.63) is 59.7 Å². The van der Waals surface area contributed by atoms with E-state index in [2.05, 4.69) is 17.4 Å². The molecular formula is C27H30N2O5S. The molecule has 2 bridgehead atoms. The Morgan fingerprint density at radius 2 is 1.60 bits per heavy atom. The van der Waals surface area contributed by atoms with Crippen LogP contribution in [-0.4, -0.2) is 65.2 Å². The summed E-state index contributed by atoms with van der Waals surface area (Å²) in [7, 11) is 0.